The summed E-state index contributed by atoms with van der Waals surface area (Å²) in [7, 11) is 0.387. The van der Waals surface area contributed by atoms with Crippen molar-refractivity contribution in [1.29, 1.82) is 0 Å². The van der Waals surface area contributed by atoms with E-state index in [0.717, 1.165) is 36.7 Å². The van der Waals surface area contributed by atoms with Crippen molar-refractivity contribution in [2.24, 2.45) is 5.92 Å². The molecule has 1 aromatic heterocycles. The Morgan fingerprint density at radius 1 is 1.33 bits per heavy atom. The number of benzene rings is 1. The predicted molar refractivity (Wildman–Crippen MR) is 127 cm³/mol. The van der Waals surface area contributed by atoms with E-state index in [2.05, 4.69) is 14.6 Å². The van der Waals surface area contributed by atoms with E-state index in [0.29, 0.717) is 24.6 Å². The van der Waals surface area contributed by atoms with Crippen molar-refractivity contribution in [3.05, 3.63) is 29.8 Å². The number of fused-ring (bicyclic) bond motifs is 1. The molecule has 2 aromatic rings. The van der Waals surface area contributed by atoms with E-state index in [1.54, 1.807) is 0 Å². The van der Waals surface area contributed by atoms with Crippen LogP contribution in [0, 0.1) is 5.92 Å². The molecule has 168 valence electrons. The minimum atomic E-state index is -3.18. The third-order valence-corrected chi connectivity index (χ3v) is 6.22. The predicted octanol–water partition coefficient (Wildman–Crippen LogP) is 2.60. The van der Waals surface area contributed by atoms with Crippen molar-refractivity contribution in [3.63, 3.8) is 0 Å². The number of hydrogen-bond donors (Lipinski definition) is 2. The molecule has 2 heterocycles. The molecule has 0 saturated carbocycles. The first-order chi connectivity index (χ1) is 13.8. The van der Waals surface area contributed by atoms with Crippen LogP contribution in [0.1, 0.15) is 29.6 Å². The number of piperidine rings is 1. The highest BCUT2D eigenvalue weighted by Crippen LogP contribution is 2.29. The van der Waals surface area contributed by atoms with E-state index in [1.165, 1.54) is 13.4 Å². The number of likely N-dealkylation sites (tertiary alicyclic amines) is 1. The normalized spacial score (nSPS) is 20.0. The van der Waals surface area contributed by atoms with Crippen LogP contribution in [0.25, 0.3) is 10.9 Å². The van der Waals surface area contributed by atoms with Crippen LogP contribution < -0.4 is 9.46 Å². The summed E-state index contributed by atoms with van der Waals surface area (Å²) in [5.74, 6) is 0.257. The Kier molecular flexibility index (Phi) is 8.95. The standard InChI is InChI=1S/C20H29N3O5S.HI/c1-23-11-9-14(12-15(23)8-10-21-29(3,25)26)13-28-20(24)18-16-6-4-5-7-17(16)22-19(18)27-2;/h4-7,14-15,21-22H,8-13H2,1-3H3;1H. The third kappa shape index (κ3) is 6.32. The molecule has 2 atom stereocenters. The molecule has 1 aromatic carbocycles. The zero-order chi connectivity index (χ0) is 21.0. The van der Waals surface area contributed by atoms with Crippen LogP contribution in [0.15, 0.2) is 24.3 Å². The Hall–Kier alpha value is -1.37. The van der Waals surface area contributed by atoms with Gasteiger partial charge in [-0.1, -0.05) is 18.2 Å². The molecule has 1 aliphatic rings. The van der Waals surface area contributed by atoms with Gasteiger partial charge in [-0.3, -0.25) is 0 Å². The molecule has 1 aliphatic heterocycles. The van der Waals surface area contributed by atoms with E-state index in [-0.39, 0.29) is 35.9 Å². The highest BCUT2D eigenvalue weighted by Gasteiger charge is 2.28. The first-order valence-corrected chi connectivity index (χ1v) is 11.6. The number of esters is 1. The topological polar surface area (TPSA) is 101 Å². The maximum Gasteiger partial charge on any atom is 0.344 e. The van der Waals surface area contributed by atoms with Gasteiger partial charge in [0.05, 0.1) is 20.0 Å². The molecule has 2 unspecified atom stereocenters. The number of aromatic amines is 1. The van der Waals surface area contributed by atoms with Gasteiger partial charge in [-0.25, -0.2) is 17.9 Å². The summed E-state index contributed by atoms with van der Waals surface area (Å²) in [6.07, 6.45) is 3.69. The van der Waals surface area contributed by atoms with Crippen molar-refractivity contribution in [1.82, 2.24) is 14.6 Å². The fourth-order valence-electron chi connectivity index (χ4n) is 3.89. The average Bonchev–Trinajstić information content (AvgIpc) is 3.06. The summed E-state index contributed by atoms with van der Waals surface area (Å²) in [5.41, 5.74) is 1.25. The van der Waals surface area contributed by atoms with E-state index in [1.807, 2.05) is 31.3 Å². The number of rotatable bonds is 8. The minimum absolute atomic E-state index is 0. The second kappa shape index (κ2) is 10.8. The number of H-pyrrole nitrogens is 1. The summed E-state index contributed by atoms with van der Waals surface area (Å²) in [5, 5.41) is 0.780. The number of methoxy groups -OCH3 is 1. The van der Waals surface area contributed by atoms with Gasteiger partial charge in [-0.05, 0) is 44.8 Å². The fourth-order valence-corrected chi connectivity index (χ4v) is 4.38. The number of hydrogen-bond acceptors (Lipinski definition) is 6. The maximum absolute atomic E-state index is 12.8. The molecule has 8 nitrogen and oxygen atoms in total. The van der Waals surface area contributed by atoms with E-state index >= 15 is 0 Å². The molecule has 2 N–H and O–H groups in total. The first kappa shape index (κ1) is 24.9. The third-order valence-electron chi connectivity index (χ3n) is 5.49. The van der Waals surface area contributed by atoms with Crippen LogP contribution in [0.4, 0.5) is 0 Å². The van der Waals surface area contributed by atoms with Crippen LogP contribution in [0.3, 0.4) is 0 Å². The summed E-state index contributed by atoms with van der Waals surface area (Å²) in [6.45, 7) is 1.64. The van der Waals surface area contributed by atoms with Gasteiger partial charge in [0.15, 0.2) is 0 Å². The minimum Gasteiger partial charge on any atom is -0.482 e. The summed E-state index contributed by atoms with van der Waals surface area (Å²) < 4.78 is 36.0. The molecule has 0 bridgehead atoms. The molecule has 0 spiro atoms. The number of nitrogens with zero attached hydrogens (tertiary/aromatic N) is 1. The van der Waals surface area contributed by atoms with Gasteiger partial charge in [0.1, 0.15) is 5.56 Å². The van der Waals surface area contributed by atoms with Crippen LogP contribution in [0.5, 0.6) is 5.88 Å². The van der Waals surface area contributed by atoms with Crippen molar-refractivity contribution >= 4 is 50.9 Å². The monoisotopic (exact) mass is 551 g/mol. The van der Waals surface area contributed by atoms with Gasteiger partial charge in [0.2, 0.25) is 15.9 Å². The molecular formula is C20H30IN3O5S. The summed E-state index contributed by atoms with van der Waals surface area (Å²) in [6, 6.07) is 7.78. The smallest absolute Gasteiger partial charge is 0.344 e. The van der Waals surface area contributed by atoms with Crippen LogP contribution >= 0.6 is 24.0 Å². The summed E-state index contributed by atoms with van der Waals surface area (Å²) >= 11 is 0. The van der Waals surface area contributed by atoms with Gasteiger partial charge >= 0.3 is 5.97 Å². The lowest BCUT2D eigenvalue weighted by Crippen LogP contribution is -2.42. The molecule has 10 heteroatoms. The Labute approximate surface area is 194 Å². The average molecular weight is 551 g/mol. The second-order valence-electron chi connectivity index (χ2n) is 7.66. The number of ether oxygens (including phenoxy) is 2. The lowest BCUT2D eigenvalue weighted by Gasteiger charge is -2.37. The first-order valence-electron chi connectivity index (χ1n) is 9.75. The van der Waals surface area contributed by atoms with E-state index < -0.39 is 16.0 Å². The highest BCUT2D eigenvalue weighted by molar-refractivity contribution is 14.0. The highest BCUT2D eigenvalue weighted by atomic mass is 127. The number of nitrogens with one attached hydrogen (secondary N) is 2. The van der Waals surface area contributed by atoms with Crippen LogP contribution in [-0.4, -0.2) is 70.4 Å². The van der Waals surface area contributed by atoms with Gasteiger partial charge in [0, 0.05) is 23.5 Å². The van der Waals surface area contributed by atoms with Gasteiger partial charge in [0.25, 0.3) is 0 Å². The van der Waals surface area contributed by atoms with Crippen LogP contribution in [-0.2, 0) is 14.8 Å². The number of carbonyl (C=O) groups is 1. The Bertz CT molecular complexity index is 963. The lowest BCUT2D eigenvalue weighted by molar-refractivity contribution is 0.0322. The number of sulfonamides is 1. The lowest BCUT2D eigenvalue weighted by atomic mass is 9.90. The Morgan fingerprint density at radius 3 is 2.77 bits per heavy atom. The number of aromatic nitrogens is 1. The second-order valence-corrected chi connectivity index (χ2v) is 9.49. The van der Waals surface area contributed by atoms with Crippen molar-refractivity contribution < 1.29 is 22.7 Å². The Balaban J connectivity index is 0.00000320. The molecule has 0 amide bonds. The van der Waals surface area contributed by atoms with Crippen molar-refractivity contribution in [2.45, 2.75) is 25.3 Å². The SMILES string of the molecule is COc1[nH]c2ccccc2c1C(=O)OCC1CCN(C)C(CCNS(C)(=O)=O)C1.I. The van der Waals surface area contributed by atoms with Crippen molar-refractivity contribution in [3.8, 4) is 5.88 Å². The van der Waals surface area contributed by atoms with Gasteiger partial charge in [-0.15, -0.1) is 24.0 Å². The molecule has 1 saturated heterocycles. The zero-order valence-electron chi connectivity index (χ0n) is 17.5. The van der Waals surface area contributed by atoms with Gasteiger partial charge in [-0.2, -0.15) is 0 Å². The molecule has 1 fully saturated rings. The van der Waals surface area contributed by atoms with Crippen molar-refractivity contribution in [2.75, 3.05) is 40.1 Å². The van der Waals surface area contributed by atoms with Gasteiger partial charge < -0.3 is 19.4 Å². The quantitative estimate of drug-likeness (QED) is 0.387. The van der Waals surface area contributed by atoms with E-state index in [4.69, 9.17) is 9.47 Å². The Morgan fingerprint density at radius 2 is 2.07 bits per heavy atom. The molecule has 30 heavy (non-hydrogen) atoms. The number of para-hydroxylation sites is 1. The largest absolute Gasteiger partial charge is 0.482 e. The fraction of sp³-hybridized carbons (Fsp3) is 0.550. The number of halogens is 1. The zero-order valence-corrected chi connectivity index (χ0v) is 20.7. The summed E-state index contributed by atoms with van der Waals surface area (Å²) in [4.78, 5) is 18.1. The van der Waals surface area contributed by atoms with E-state index in [9.17, 15) is 13.2 Å². The molecule has 3 rings (SSSR count). The number of carbonyl (C=O) groups excluding carboxylic acids is 1. The molecule has 0 radical (unpaired) electrons. The maximum atomic E-state index is 12.8. The molecular weight excluding hydrogens is 521 g/mol. The molecule has 0 aliphatic carbocycles. The van der Waals surface area contributed by atoms with Crippen LogP contribution in [0.2, 0.25) is 0 Å².